The van der Waals surface area contributed by atoms with E-state index in [4.69, 9.17) is 4.74 Å². The smallest absolute Gasteiger partial charge is 0.340 e. The summed E-state index contributed by atoms with van der Waals surface area (Å²) in [5.41, 5.74) is -2.33. The number of ether oxygens (including phenoxy) is 2. The molecule has 12 heteroatoms. The lowest BCUT2D eigenvalue weighted by atomic mass is 10.2. The van der Waals surface area contributed by atoms with Gasteiger partial charge < -0.3 is 9.47 Å². The highest BCUT2D eigenvalue weighted by atomic mass is 32.2. The molecule has 0 bridgehead atoms. The third-order valence-electron chi connectivity index (χ3n) is 3.36. The molecule has 1 N–H and O–H groups in total. The molecule has 0 radical (unpaired) electrons. The molecule has 0 saturated heterocycles. The average molecular weight is 402 g/mol. The van der Waals surface area contributed by atoms with Gasteiger partial charge in [-0.25, -0.2) is 22.0 Å². The number of benzene rings is 2. The van der Waals surface area contributed by atoms with Crippen LogP contribution in [0, 0.1) is 21.7 Å². The Morgan fingerprint density at radius 3 is 2.37 bits per heavy atom. The molecule has 0 heterocycles. The molecule has 144 valence electrons. The van der Waals surface area contributed by atoms with Gasteiger partial charge in [-0.1, -0.05) is 0 Å². The summed E-state index contributed by atoms with van der Waals surface area (Å²) in [4.78, 5) is 20.9. The Balaban J connectivity index is 2.54. The monoisotopic (exact) mass is 402 g/mol. The normalized spacial score (nSPS) is 11.0. The van der Waals surface area contributed by atoms with Crippen molar-refractivity contribution in [2.24, 2.45) is 0 Å². The molecule has 0 aliphatic heterocycles. The fourth-order valence-corrected chi connectivity index (χ4v) is 3.30. The molecule has 0 unspecified atom stereocenters. The zero-order valence-corrected chi connectivity index (χ0v) is 14.7. The number of anilines is 1. The van der Waals surface area contributed by atoms with Crippen molar-refractivity contribution in [3.05, 3.63) is 57.6 Å². The minimum Gasteiger partial charge on any atom is -0.497 e. The minimum absolute atomic E-state index is 0.0293. The highest BCUT2D eigenvalue weighted by molar-refractivity contribution is 7.92. The fourth-order valence-electron chi connectivity index (χ4n) is 2.09. The molecule has 2 aromatic carbocycles. The minimum atomic E-state index is -4.66. The number of halogens is 2. The SMILES string of the molecule is COC(=O)c1cc(NS(=O)(=O)c2ccc(OC)cc2[N+](=O)[O-])c(F)cc1F. The number of nitrogens with zero attached hydrogens (tertiary/aromatic N) is 1. The van der Waals surface area contributed by atoms with Crippen LogP contribution >= 0.6 is 0 Å². The van der Waals surface area contributed by atoms with Crippen molar-refractivity contribution in [2.45, 2.75) is 4.90 Å². The second-order valence-electron chi connectivity index (χ2n) is 5.00. The maximum atomic E-state index is 13.9. The summed E-state index contributed by atoms with van der Waals surface area (Å²) in [5, 5.41) is 11.2. The summed E-state index contributed by atoms with van der Waals surface area (Å²) in [7, 11) is -2.48. The van der Waals surface area contributed by atoms with Gasteiger partial charge in [-0.05, 0) is 18.2 Å². The molecule has 27 heavy (non-hydrogen) atoms. The van der Waals surface area contributed by atoms with Crippen LogP contribution in [0.4, 0.5) is 20.2 Å². The second kappa shape index (κ2) is 7.53. The highest BCUT2D eigenvalue weighted by Crippen LogP contribution is 2.31. The van der Waals surface area contributed by atoms with Gasteiger partial charge >= 0.3 is 5.97 Å². The number of esters is 1. The molecule has 0 aliphatic carbocycles. The van der Waals surface area contributed by atoms with Gasteiger partial charge in [-0.3, -0.25) is 14.8 Å². The number of sulfonamides is 1. The van der Waals surface area contributed by atoms with Crippen molar-refractivity contribution in [2.75, 3.05) is 18.9 Å². The molecule has 0 fully saturated rings. The van der Waals surface area contributed by atoms with Gasteiger partial charge in [0.1, 0.15) is 17.4 Å². The molecule has 0 aromatic heterocycles. The predicted octanol–water partition coefficient (Wildman–Crippen LogP) is 2.47. The molecule has 0 atom stereocenters. The summed E-state index contributed by atoms with van der Waals surface area (Å²) in [6.45, 7) is 0. The van der Waals surface area contributed by atoms with E-state index in [9.17, 15) is 32.1 Å². The number of carbonyl (C=O) groups is 1. The van der Waals surface area contributed by atoms with Crippen LogP contribution in [0.2, 0.25) is 0 Å². The lowest BCUT2D eigenvalue weighted by Crippen LogP contribution is -2.17. The Morgan fingerprint density at radius 2 is 1.81 bits per heavy atom. The van der Waals surface area contributed by atoms with Crippen LogP contribution < -0.4 is 9.46 Å². The van der Waals surface area contributed by atoms with Crippen molar-refractivity contribution in [1.29, 1.82) is 0 Å². The molecule has 2 aromatic rings. The maximum absolute atomic E-state index is 13.9. The van der Waals surface area contributed by atoms with E-state index in [1.165, 1.54) is 7.11 Å². The number of methoxy groups -OCH3 is 2. The van der Waals surface area contributed by atoms with Crippen LogP contribution in [-0.4, -0.2) is 33.5 Å². The lowest BCUT2D eigenvalue weighted by molar-refractivity contribution is -0.387. The molecule has 0 amide bonds. The molecule has 0 aliphatic rings. The molecular formula is C15H12F2N2O7S. The number of carbonyl (C=O) groups excluding carboxylic acids is 1. The van der Waals surface area contributed by atoms with Gasteiger partial charge in [0.15, 0.2) is 4.90 Å². The summed E-state index contributed by atoms with van der Waals surface area (Å²) in [6, 6.07) is 3.79. The Kier molecular flexibility index (Phi) is 5.59. The zero-order chi connectivity index (χ0) is 20.4. The zero-order valence-electron chi connectivity index (χ0n) is 13.9. The Hall–Kier alpha value is -3.28. The van der Waals surface area contributed by atoms with Crippen LogP contribution in [0.1, 0.15) is 10.4 Å². The van der Waals surface area contributed by atoms with E-state index < -0.39 is 54.4 Å². The van der Waals surface area contributed by atoms with E-state index in [2.05, 4.69) is 4.74 Å². The maximum Gasteiger partial charge on any atom is 0.340 e. The first kappa shape index (κ1) is 20.0. The number of nitro benzene ring substituents is 1. The summed E-state index contributed by atoms with van der Waals surface area (Å²) in [5.74, 6) is -3.73. The first-order valence-electron chi connectivity index (χ1n) is 7.03. The van der Waals surface area contributed by atoms with E-state index in [1.54, 1.807) is 4.72 Å². The molecule has 0 saturated carbocycles. The largest absolute Gasteiger partial charge is 0.497 e. The van der Waals surface area contributed by atoms with E-state index in [0.29, 0.717) is 6.07 Å². The number of nitro groups is 1. The van der Waals surface area contributed by atoms with Gasteiger partial charge in [0.05, 0.1) is 36.5 Å². The van der Waals surface area contributed by atoms with Crippen molar-refractivity contribution in [3.63, 3.8) is 0 Å². The number of nitrogens with one attached hydrogen (secondary N) is 1. The Morgan fingerprint density at radius 1 is 1.15 bits per heavy atom. The van der Waals surface area contributed by atoms with Crippen molar-refractivity contribution in [1.82, 2.24) is 0 Å². The van der Waals surface area contributed by atoms with E-state index in [0.717, 1.165) is 25.3 Å². The lowest BCUT2D eigenvalue weighted by Gasteiger charge is -2.11. The standard InChI is InChI=1S/C15H12F2N2O7S/c1-25-8-3-4-14(13(5-8)19(21)22)27(23,24)18-12-6-9(15(20)26-2)10(16)7-11(12)17/h3-7,18H,1-2H3. The first-order valence-corrected chi connectivity index (χ1v) is 8.51. The Bertz CT molecular complexity index is 1030. The van der Waals surface area contributed by atoms with Crippen LogP contribution in [0.5, 0.6) is 5.75 Å². The van der Waals surface area contributed by atoms with Crippen LogP contribution in [-0.2, 0) is 14.8 Å². The fraction of sp³-hybridized carbons (Fsp3) is 0.133. The first-order chi connectivity index (χ1) is 12.6. The number of rotatable bonds is 6. The molecule has 0 spiro atoms. The van der Waals surface area contributed by atoms with Gasteiger partial charge in [0, 0.05) is 6.07 Å². The highest BCUT2D eigenvalue weighted by Gasteiger charge is 2.28. The molecule has 9 nitrogen and oxygen atoms in total. The van der Waals surface area contributed by atoms with Crippen molar-refractivity contribution < 1.29 is 36.4 Å². The third kappa shape index (κ3) is 4.11. The van der Waals surface area contributed by atoms with E-state index in [1.807, 2.05) is 0 Å². The van der Waals surface area contributed by atoms with E-state index >= 15 is 0 Å². The number of hydrogen-bond acceptors (Lipinski definition) is 7. The quantitative estimate of drug-likeness (QED) is 0.447. The van der Waals surface area contributed by atoms with Crippen molar-refractivity contribution >= 4 is 27.4 Å². The second-order valence-corrected chi connectivity index (χ2v) is 6.65. The topological polar surface area (TPSA) is 125 Å². The van der Waals surface area contributed by atoms with Crippen LogP contribution in [0.25, 0.3) is 0 Å². The molecular weight excluding hydrogens is 390 g/mol. The van der Waals surface area contributed by atoms with Gasteiger partial charge in [0.25, 0.3) is 15.7 Å². The van der Waals surface area contributed by atoms with Crippen LogP contribution in [0.15, 0.2) is 35.2 Å². The van der Waals surface area contributed by atoms with Gasteiger partial charge in [0.2, 0.25) is 0 Å². The summed E-state index contributed by atoms with van der Waals surface area (Å²) >= 11 is 0. The van der Waals surface area contributed by atoms with Crippen LogP contribution in [0.3, 0.4) is 0 Å². The Labute approximate surface area is 151 Å². The molecule has 2 rings (SSSR count). The third-order valence-corrected chi connectivity index (χ3v) is 4.77. The van der Waals surface area contributed by atoms with Gasteiger partial charge in [-0.2, -0.15) is 0 Å². The summed E-state index contributed by atoms with van der Waals surface area (Å²) in [6.07, 6.45) is 0. The van der Waals surface area contributed by atoms with Crippen molar-refractivity contribution in [3.8, 4) is 5.75 Å². The summed E-state index contributed by atoms with van der Waals surface area (Å²) < 4.78 is 63.5. The predicted molar refractivity (Wildman–Crippen MR) is 88.2 cm³/mol. The van der Waals surface area contributed by atoms with Gasteiger partial charge in [-0.15, -0.1) is 0 Å². The number of hydrogen-bond donors (Lipinski definition) is 1. The average Bonchev–Trinajstić information content (AvgIpc) is 2.62. The van der Waals surface area contributed by atoms with E-state index in [-0.39, 0.29) is 11.8 Å².